The summed E-state index contributed by atoms with van der Waals surface area (Å²) in [4.78, 5) is 15.3. The highest BCUT2D eigenvalue weighted by Crippen LogP contribution is 2.05. The highest BCUT2D eigenvalue weighted by Gasteiger charge is 1.99. The van der Waals surface area contributed by atoms with Crippen molar-refractivity contribution in [1.82, 2.24) is 9.55 Å². The predicted octanol–water partition coefficient (Wildman–Crippen LogP) is 1.80. The van der Waals surface area contributed by atoms with Crippen molar-refractivity contribution in [2.24, 2.45) is 0 Å². The van der Waals surface area contributed by atoms with Crippen LogP contribution in [0.4, 0.5) is 0 Å². The van der Waals surface area contributed by atoms with Crippen LogP contribution in [-0.2, 0) is 6.54 Å². The molecule has 0 unspecified atom stereocenters. The fourth-order valence-electron chi connectivity index (χ4n) is 1.74. The quantitative estimate of drug-likeness (QED) is 0.887. The minimum absolute atomic E-state index is 0.119. The summed E-state index contributed by atoms with van der Waals surface area (Å²) in [6, 6.07) is 11.3. The van der Waals surface area contributed by atoms with E-state index in [-0.39, 0.29) is 12.2 Å². The van der Waals surface area contributed by atoms with Crippen molar-refractivity contribution in [2.75, 3.05) is 6.61 Å². The van der Waals surface area contributed by atoms with E-state index >= 15 is 0 Å². The fraction of sp³-hybridized carbons (Fsp3) is 0.200. The zero-order valence-corrected chi connectivity index (χ0v) is 10.6. The Balaban J connectivity index is 2.25. The zero-order chi connectivity index (χ0) is 13.5. The lowest BCUT2D eigenvalue weighted by Gasteiger charge is -2.08. The summed E-state index contributed by atoms with van der Waals surface area (Å²) in [6.07, 6.45) is 6.07. The van der Waals surface area contributed by atoms with Gasteiger partial charge in [0.25, 0.3) is 5.56 Å². The summed E-state index contributed by atoms with van der Waals surface area (Å²) < 4.78 is 1.86. The molecule has 0 saturated carbocycles. The number of nitrogens with zero attached hydrogens (tertiary/aromatic N) is 2. The fourth-order valence-corrected chi connectivity index (χ4v) is 1.74. The Kier molecular flexibility index (Phi) is 4.64. The van der Waals surface area contributed by atoms with Crippen LogP contribution in [0.5, 0.6) is 0 Å². The Morgan fingerprint density at radius 2 is 1.95 bits per heavy atom. The van der Waals surface area contributed by atoms with Gasteiger partial charge in [0.2, 0.25) is 0 Å². The van der Waals surface area contributed by atoms with Gasteiger partial charge in [0.1, 0.15) is 5.82 Å². The van der Waals surface area contributed by atoms with Crippen molar-refractivity contribution in [3.8, 4) is 0 Å². The molecular formula is C15H16N2O2. The third kappa shape index (κ3) is 3.89. The Labute approximate surface area is 111 Å². The number of aliphatic hydroxyl groups is 1. The third-order valence-corrected chi connectivity index (χ3v) is 2.70. The van der Waals surface area contributed by atoms with Gasteiger partial charge in [-0.05, 0) is 18.1 Å². The molecule has 4 nitrogen and oxygen atoms in total. The second kappa shape index (κ2) is 6.66. The molecule has 0 atom stereocenters. The van der Waals surface area contributed by atoms with Gasteiger partial charge in [0.05, 0.1) is 0 Å². The normalized spacial score (nSPS) is 11.0. The number of aryl methyl sites for hydroxylation is 1. The molecule has 0 aliphatic carbocycles. The van der Waals surface area contributed by atoms with Gasteiger partial charge in [-0.1, -0.05) is 36.4 Å². The maximum atomic E-state index is 11.3. The van der Waals surface area contributed by atoms with Crippen molar-refractivity contribution < 1.29 is 5.11 Å². The largest absolute Gasteiger partial charge is 0.396 e. The molecule has 0 fully saturated rings. The molecular weight excluding hydrogens is 240 g/mol. The molecule has 0 saturated heterocycles. The first-order valence-corrected chi connectivity index (χ1v) is 6.21. The molecule has 2 aromatic rings. The number of benzene rings is 1. The number of rotatable bonds is 5. The van der Waals surface area contributed by atoms with Gasteiger partial charge in [0, 0.05) is 25.4 Å². The number of hydrogen-bond donors (Lipinski definition) is 1. The molecule has 0 aliphatic heterocycles. The third-order valence-electron chi connectivity index (χ3n) is 2.70. The van der Waals surface area contributed by atoms with Gasteiger partial charge in [-0.2, -0.15) is 4.98 Å². The van der Waals surface area contributed by atoms with Gasteiger partial charge in [-0.25, -0.2) is 0 Å². The standard InChI is InChI=1S/C15H16N2O2/c18-12-4-10-17-11-9-15(19)16-14(17)8-7-13-5-2-1-3-6-13/h1-3,5-9,11,18H,4,10,12H2/b8-7+. The maximum absolute atomic E-state index is 11.3. The first-order chi connectivity index (χ1) is 9.29. The van der Waals surface area contributed by atoms with Crippen molar-refractivity contribution in [3.63, 3.8) is 0 Å². The molecule has 0 bridgehead atoms. The topological polar surface area (TPSA) is 55.1 Å². The van der Waals surface area contributed by atoms with Crippen molar-refractivity contribution in [2.45, 2.75) is 13.0 Å². The molecule has 0 aliphatic rings. The maximum Gasteiger partial charge on any atom is 0.273 e. The average molecular weight is 256 g/mol. The Morgan fingerprint density at radius 1 is 1.16 bits per heavy atom. The summed E-state index contributed by atoms with van der Waals surface area (Å²) in [5.74, 6) is 0.602. The predicted molar refractivity (Wildman–Crippen MR) is 75.6 cm³/mol. The molecule has 98 valence electrons. The first kappa shape index (κ1) is 13.2. The van der Waals surface area contributed by atoms with E-state index in [1.807, 2.05) is 47.1 Å². The van der Waals surface area contributed by atoms with Gasteiger partial charge < -0.3 is 9.67 Å². The summed E-state index contributed by atoms with van der Waals surface area (Å²) >= 11 is 0. The molecule has 4 heteroatoms. The van der Waals surface area contributed by atoms with Crippen LogP contribution >= 0.6 is 0 Å². The highest BCUT2D eigenvalue weighted by molar-refractivity contribution is 5.66. The second-order valence-corrected chi connectivity index (χ2v) is 4.14. The summed E-state index contributed by atoms with van der Waals surface area (Å²) in [5.41, 5.74) is 0.794. The first-order valence-electron chi connectivity index (χ1n) is 6.21. The Morgan fingerprint density at radius 3 is 2.68 bits per heavy atom. The lowest BCUT2D eigenvalue weighted by molar-refractivity contribution is 0.279. The molecule has 1 N–H and O–H groups in total. The van der Waals surface area contributed by atoms with E-state index in [1.165, 1.54) is 6.07 Å². The SMILES string of the molecule is O=c1ccn(CCCO)c(/C=C/c2ccccc2)n1. The van der Waals surface area contributed by atoms with Gasteiger partial charge in [0.15, 0.2) is 0 Å². The van der Waals surface area contributed by atoms with Crippen LogP contribution in [0.3, 0.4) is 0 Å². The van der Waals surface area contributed by atoms with E-state index in [2.05, 4.69) is 4.98 Å². The molecule has 2 rings (SSSR count). The van der Waals surface area contributed by atoms with Crippen LogP contribution in [-0.4, -0.2) is 21.3 Å². The van der Waals surface area contributed by atoms with E-state index in [0.29, 0.717) is 18.8 Å². The van der Waals surface area contributed by atoms with Crippen LogP contribution in [0.2, 0.25) is 0 Å². The minimum atomic E-state index is -0.257. The van der Waals surface area contributed by atoms with Crippen LogP contribution in [0.1, 0.15) is 17.8 Å². The number of hydrogen-bond acceptors (Lipinski definition) is 3. The summed E-state index contributed by atoms with van der Waals surface area (Å²) in [5, 5.41) is 8.87. The van der Waals surface area contributed by atoms with E-state index in [9.17, 15) is 4.79 Å². The lowest BCUT2D eigenvalue weighted by atomic mass is 10.2. The van der Waals surface area contributed by atoms with E-state index in [0.717, 1.165) is 5.56 Å². The van der Waals surface area contributed by atoms with Crippen LogP contribution in [0, 0.1) is 0 Å². The number of aromatic nitrogens is 2. The molecule has 1 heterocycles. The highest BCUT2D eigenvalue weighted by atomic mass is 16.3. The van der Waals surface area contributed by atoms with Crippen LogP contribution in [0.15, 0.2) is 47.4 Å². The molecule has 19 heavy (non-hydrogen) atoms. The van der Waals surface area contributed by atoms with E-state index < -0.39 is 0 Å². The van der Waals surface area contributed by atoms with E-state index in [1.54, 1.807) is 6.20 Å². The Hall–Kier alpha value is -2.20. The minimum Gasteiger partial charge on any atom is -0.396 e. The van der Waals surface area contributed by atoms with Gasteiger partial charge >= 0.3 is 0 Å². The monoisotopic (exact) mass is 256 g/mol. The molecule has 1 aromatic heterocycles. The summed E-state index contributed by atoms with van der Waals surface area (Å²) in [6.45, 7) is 0.756. The molecule has 0 amide bonds. The molecule has 0 radical (unpaired) electrons. The van der Waals surface area contributed by atoms with Crippen molar-refractivity contribution in [1.29, 1.82) is 0 Å². The number of aliphatic hydroxyl groups excluding tert-OH is 1. The van der Waals surface area contributed by atoms with Gasteiger partial charge in [-0.15, -0.1) is 0 Å². The lowest BCUT2D eigenvalue weighted by Crippen LogP contribution is -2.14. The zero-order valence-electron chi connectivity index (χ0n) is 10.6. The Bertz CT molecular complexity index is 603. The molecule has 0 spiro atoms. The molecule has 1 aromatic carbocycles. The van der Waals surface area contributed by atoms with Crippen LogP contribution < -0.4 is 5.56 Å². The average Bonchev–Trinajstić information content (AvgIpc) is 2.45. The van der Waals surface area contributed by atoms with Crippen molar-refractivity contribution >= 4 is 12.2 Å². The van der Waals surface area contributed by atoms with E-state index in [4.69, 9.17) is 5.11 Å². The van der Waals surface area contributed by atoms with Crippen LogP contribution in [0.25, 0.3) is 12.2 Å². The smallest absolute Gasteiger partial charge is 0.273 e. The van der Waals surface area contributed by atoms with Crippen molar-refractivity contribution in [3.05, 3.63) is 64.3 Å². The summed E-state index contributed by atoms with van der Waals surface area (Å²) in [7, 11) is 0. The van der Waals surface area contributed by atoms with Gasteiger partial charge in [-0.3, -0.25) is 4.79 Å². The second-order valence-electron chi connectivity index (χ2n) is 4.14.